The first-order chi connectivity index (χ1) is 12.0. The number of amides is 1. The minimum atomic E-state index is -1.13. The summed E-state index contributed by atoms with van der Waals surface area (Å²) in [5.41, 5.74) is 1.02. The van der Waals surface area contributed by atoms with Crippen LogP contribution in [0.1, 0.15) is 15.9 Å². The van der Waals surface area contributed by atoms with Crippen molar-refractivity contribution in [1.29, 1.82) is 0 Å². The van der Waals surface area contributed by atoms with Crippen molar-refractivity contribution >= 4 is 46.0 Å². The van der Waals surface area contributed by atoms with Crippen LogP contribution in [-0.4, -0.2) is 17.0 Å². The minimum absolute atomic E-state index is 0.0168. The van der Waals surface area contributed by atoms with Crippen LogP contribution in [-0.2, 0) is 4.79 Å². The Labute approximate surface area is 149 Å². The number of carboxylic acid groups (broad SMARTS) is 1. The molecule has 0 aromatic heterocycles. The summed E-state index contributed by atoms with van der Waals surface area (Å²) in [5, 5.41) is 14.3. The van der Waals surface area contributed by atoms with Crippen molar-refractivity contribution in [2.45, 2.75) is 0 Å². The quantitative estimate of drug-likeness (QED) is 0.661. The van der Waals surface area contributed by atoms with E-state index in [0.717, 1.165) is 16.3 Å². The van der Waals surface area contributed by atoms with Crippen LogP contribution >= 0.6 is 11.6 Å². The molecule has 3 aromatic carbocycles. The highest BCUT2D eigenvalue weighted by Gasteiger charge is 2.11. The van der Waals surface area contributed by atoms with Crippen molar-refractivity contribution in [1.82, 2.24) is 0 Å². The summed E-state index contributed by atoms with van der Waals surface area (Å²) in [7, 11) is 0. The number of hydrogen-bond acceptors (Lipinski definition) is 2. The second kappa shape index (κ2) is 7.20. The van der Waals surface area contributed by atoms with Crippen molar-refractivity contribution in [3.05, 3.63) is 82.9 Å². The van der Waals surface area contributed by atoms with Crippen molar-refractivity contribution < 1.29 is 14.7 Å². The summed E-state index contributed by atoms with van der Waals surface area (Å²) < 4.78 is 0. The molecule has 0 saturated carbocycles. The van der Waals surface area contributed by atoms with Crippen LogP contribution in [0, 0.1) is 0 Å². The molecule has 0 aliphatic carbocycles. The first-order valence-electron chi connectivity index (χ1n) is 7.53. The molecule has 0 fully saturated rings. The third-order valence-corrected chi connectivity index (χ3v) is 3.91. The van der Waals surface area contributed by atoms with E-state index in [4.69, 9.17) is 16.7 Å². The molecule has 0 aliphatic rings. The van der Waals surface area contributed by atoms with Gasteiger partial charge in [-0.2, -0.15) is 0 Å². The predicted octanol–water partition coefficient (Wildman–Crippen LogP) is 4.84. The molecule has 0 atom stereocenters. The maximum absolute atomic E-state index is 12.1. The smallest absolute Gasteiger partial charge is 0.337 e. The van der Waals surface area contributed by atoms with Gasteiger partial charge in [-0.05, 0) is 46.7 Å². The Morgan fingerprint density at radius 1 is 0.960 bits per heavy atom. The van der Waals surface area contributed by atoms with Gasteiger partial charge in [-0.3, -0.25) is 4.79 Å². The number of hydrogen-bond donors (Lipinski definition) is 2. The summed E-state index contributed by atoms with van der Waals surface area (Å²) in [5.74, 6) is -1.57. The van der Waals surface area contributed by atoms with Crippen LogP contribution in [0.5, 0.6) is 0 Å². The van der Waals surface area contributed by atoms with Gasteiger partial charge in [0.25, 0.3) is 0 Å². The fraction of sp³-hybridized carbons (Fsp3) is 0. The van der Waals surface area contributed by atoms with Gasteiger partial charge in [0.1, 0.15) is 0 Å². The van der Waals surface area contributed by atoms with Crippen LogP contribution in [0.4, 0.5) is 5.69 Å². The lowest BCUT2D eigenvalue weighted by molar-refractivity contribution is -0.111. The van der Waals surface area contributed by atoms with Gasteiger partial charge in [0.2, 0.25) is 5.91 Å². The highest BCUT2D eigenvalue weighted by Crippen LogP contribution is 2.21. The second-order valence-corrected chi connectivity index (χ2v) is 5.86. The van der Waals surface area contributed by atoms with E-state index in [9.17, 15) is 9.59 Å². The Morgan fingerprint density at radius 2 is 1.72 bits per heavy atom. The molecular weight excluding hydrogens is 338 g/mol. The fourth-order valence-electron chi connectivity index (χ4n) is 2.46. The molecule has 0 spiro atoms. The zero-order chi connectivity index (χ0) is 17.8. The van der Waals surface area contributed by atoms with E-state index >= 15 is 0 Å². The van der Waals surface area contributed by atoms with Gasteiger partial charge in [-0.1, -0.05) is 48.0 Å². The van der Waals surface area contributed by atoms with Crippen molar-refractivity contribution in [3.8, 4) is 0 Å². The van der Waals surface area contributed by atoms with Crippen molar-refractivity contribution in [2.75, 3.05) is 5.32 Å². The van der Waals surface area contributed by atoms with E-state index in [1.54, 1.807) is 6.08 Å². The molecule has 1 amide bonds. The molecule has 0 radical (unpaired) electrons. The molecule has 0 saturated heterocycles. The first-order valence-corrected chi connectivity index (χ1v) is 7.91. The zero-order valence-corrected chi connectivity index (χ0v) is 13.8. The van der Waals surface area contributed by atoms with E-state index in [1.807, 2.05) is 42.5 Å². The largest absolute Gasteiger partial charge is 0.478 e. The van der Waals surface area contributed by atoms with Crippen LogP contribution in [0.15, 0.2) is 66.7 Å². The standard InChI is InChI=1S/C20H14ClNO3/c21-16-8-9-17(20(24)25)18(12-16)22-19(23)10-6-13-5-7-14-3-1-2-4-15(14)11-13/h1-12H,(H,22,23)(H,24,25). The summed E-state index contributed by atoms with van der Waals surface area (Å²) >= 11 is 5.87. The number of carboxylic acids is 1. The molecule has 4 nitrogen and oxygen atoms in total. The maximum Gasteiger partial charge on any atom is 0.337 e. The van der Waals surface area contributed by atoms with Gasteiger partial charge in [-0.15, -0.1) is 0 Å². The number of benzene rings is 3. The predicted molar refractivity (Wildman–Crippen MR) is 100 cm³/mol. The Morgan fingerprint density at radius 3 is 2.48 bits per heavy atom. The maximum atomic E-state index is 12.1. The molecule has 2 N–H and O–H groups in total. The summed E-state index contributed by atoms with van der Waals surface area (Å²) in [6.07, 6.45) is 3.03. The molecule has 3 rings (SSSR count). The third-order valence-electron chi connectivity index (χ3n) is 3.67. The lowest BCUT2D eigenvalue weighted by Gasteiger charge is -2.07. The third kappa shape index (κ3) is 4.05. The molecule has 0 heterocycles. The number of anilines is 1. The molecule has 124 valence electrons. The van der Waals surface area contributed by atoms with Crippen molar-refractivity contribution in [3.63, 3.8) is 0 Å². The number of rotatable bonds is 4. The molecule has 0 aliphatic heterocycles. The highest BCUT2D eigenvalue weighted by molar-refractivity contribution is 6.31. The second-order valence-electron chi connectivity index (χ2n) is 5.42. The lowest BCUT2D eigenvalue weighted by Crippen LogP contribution is -2.12. The molecule has 25 heavy (non-hydrogen) atoms. The topological polar surface area (TPSA) is 66.4 Å². The molecule has 0 bridgehead atoms. The molecule has 5 heteroatoms. The van der Waals surface area contributed by atoms with Crippen LogP contribution in [0.25, 0.3) is 16.8 Å². The Balaban J connectivity index is 1.79. The Kier molecular flexibility index (Phi) is 4.82. The van der Waals surface area contributed by atoms with Gasteiger partial charge < -0.3 is 10.4 Å². The summed E-state index contributed by atoms with van der Waals surface area (Å²) in [6.45, 7) is 0. The molecular formula is C20H14ClNO3. The van der Waals surface area contributed by atoms with Crippen LogP contribution in [0.2, 0.25) is 5.02 Å². The average molecular weight is 352 g/mol. The van der Waals surface area contributed by atoms with Crippen molar-refractivity contribution in [2.24, 2.45) is 0 Å². The molecule has 0 unspecified atom stereocenters. The minimum Gasteiger partial charge on any atom is -0.478 e. The number of aromatic carboxylic acids is 1. The Hall–Kier alpha value is -3.11. The van der Waals surface area contributed by atoms with Gasteiger partial charge >= 0.3 is 5.97 Å². The van der Waals surface area contributed by atoms with E-state index in [-0.39, 0.29) is 11.3 Å². The van der Waals surface area contributed by atoms with E-state index in [1.165, 1.54) is 24.3 Å². The number of carbonyl (C=O) groups excluding carboxylic acids is 1. The van der Waals surface area contributed by atoms with E-state index < -0.39 is 11.9 Å². The number of halogens is 1. The number of nitrogens with one attached hydrogen (secondary N) is 1. The fourth-order valence-corrected chi connectivity index (χ4v) is 2.64. The van der Waals surface area contributed by atoms with E-state index in [0.29, 0.717) is 5.02 Å². The van der Waals surface area contributed by atoms with Crippen LogP contribution < -0.4 is 5.32 Å². The molecule has 3 aromatic rings. The normalized spacial score (nSPS) is 10.9. The summed E-state index contributed by atoms with van der Waals surface area (Å²) in [6, 6.07) is 18.0. The lowest BCUT2D eigenvalue weighted by atomic mass is 10.1. The monoisotopic (exact) mass is 351 g/mol. The average Bonchev–Trinajstić information content (AvgIpc) is 2.59. The van der Waals surface area contributed by atoms with Gasteiger partial charge in [0.15, 0.2) is 0 Å². The first kappa shape index (κ1) is 16.7. The van der Waals surface area contributed by atoms with E-state index in [2.05, 4.69) is 5.32 Å². The Bertz CT molecular complexity index is 995. The van der Waals surface area contributed by atoms with Crippen LogP contribution in [0.3, 0.4) is 0 Å². The number of fused-ring (bicyclic) bond motifs is 1. The van der Waals surface area contributed by atoms with Gasteiger partial charge in [0, 0.05) is 11.1 Å². The van der Waals surface area contributed by atoms with Gasteiger partial charge in [0.05, 0.1) is 11.3 Å². The highest BCUT2D eigenvalue weighted by atomic mass is 35.5. The zero-order valence-electron chi connectivity index (χ0n) is 13.1. The van der Waals surface area contributed by atoms with Gasteiger partial charge in [-0.25, -0.2) is 4.79 Å². The SMILES string of the molecule is O=C(C=Cc1ccc2ccccc2c1)Nc1cc(Cl)ccc1C(=O)O. The summed E-state index contributed by atoms with van der Waals surface area (Å²) in [4.78, 5) is 23.3. The number of carbonyl (C=O) groups is 2.